The van der Waals surface area contributed by atoms with Crippen molar-refractivity contribution in [2.75, 3.05) is 5.73 Å². The minimum atomic E-state index is -0.472. The van der Waals surface area contributed by atoms with Gasteiger partial charge in [0, 0.05) is 11.5 Å². The average Bonchev–Trinajstić information content (AvgIpc) is 2.74. The molecule has 0 aliphatic rings. The summed E-state index contributed by atoms with van der Waals surface area (Å²) in [7, 11) is 0. The molecule has 2 heterocycles. The van der Waals surface area contributed by atoms with Crippen LogP contribution in [0.5, 0.6) is 0 Å². The van der Waals surface area contributed by atoms with Crippen LogP contribution in [-0.4, -0.2) is 10.2 Å². The predicted octanol–water partition coefficient (Wildman–Crippen LogP) is 1.73. The molecule has 3 rings (SSSR count). The molecule has 0 radical (unpaired) electrons. The van der Waals surface area contributed by atoms with Gasteiger partial charge in [0.15, 0.2) is 0 Å². The molecule has 0 amide bonds. The zero-order chi connectivity index (χ0) is 12.7. The molecule has 2 N–H and O–H groups in total. The number of hydrogen-bond donors (Lipinski definition) is 1. The Bertz CT molecular complexity index is 789. The van der Waals surface area contributed by atoms with Crippen molar-refractivity contribution in [1.82, 2.24) is 10.2 Å². The van der Waals surface area contributed by atoms with E-state index in [1.807, 2.05) is 19.1 Å². The van der Waals surface area contributed by atoms with Crippen LogP contribution in [0.4, 0.5) is 6.01 Å². The maximum Gasteiger partial charge on any atom is 0.337 e. The van der Waals surface area contributed by atoms with Crippen LogP contribution < -0.4 is 11.4 Å². The lowest BCUT2D eigenvalue weighted by atomic mass is 10.1. The zero-order valence-corrected chi connectivity index (χ0v) is 9.51. The maximum atomic E-state index is 11.5. The molecular formula is C12H9N3O3. The summed E-state index contributed by atoms with van der Waals surface area (Å²) in [6.07, 6.45) is 0. The van der Waals surface area contributed by atoms with E-state index in [-0.39, 0.29) is 11.9 Å². The van der Waals surface area contributed by atoms with Crippen molar-refractivity contribution in [2.45, 2.75) is 6.92 Å². The summed E-state index contributed by atoms with van der Waals surface area (Å²) in [5, 5.41) is 8.08. The van der Waals surface area contributed by atoms with E-state index in [4.69, 9.17) is 14.6 Å². The van der Waals surface area contributed by atoms with Gasteiger partial charge in [0.25, 0.3) is 5.89 Å². The summed E-state index contributed by atoms with van der Waals surface area (Å²) in [6, 6.07) is 6.79. The van der Waals surface area contributed by atoms with Crippen LogP contribution >= 0.6 is 0 Å². The van der Waals surface area contributed by atoms with Crippen LogP contribution in [0.25, 0.3) is 22.4 Å². The van der Waals surface area contributed by atoms with Gasteiger partial charge in [-0.25, -0.2) is 4.79 Å². The normalized spacial score (nSPS) is 10.9. The number of aromatic nitrogens is 2. The van der Waals surface area contributed by atoms with Crippen LogP contribution in [0.2, 0.25) is 0 Å². The number of fused-ring (bicyclic) bond motifs is 1. The molecule has 0 saturated heterocycles. The fourth-order valence-electron chi connectivity index (χ4n) is 1.79. The third kappa shape index (κ3) is 1.64. The molecule has 0 fully saturated rings. The summed E-state index contributed by atoms with van der Waals surface area (Å²) in [5.74, 6) is 0.203. The van der Waals surface area contributed by atoms with E-state index in [1.165, 1.54) is 6.07 Å². The zero-order valence-electron chi connectivity index (χ0n) is 9.51. The van der Waals surface area contributed by atoms with Gasteiger partial charge in [0.1, 0.15) is 5.58 Å². The lowest BCUT2D eigenvalue weighted by Gasteiger charge is -2.01. The van der Waals surface area contributed by atoms with E-state index in [0.717, 1.165) is 10.9 Å². The van der Waals surface area contributed by atoms with Crippen LogP contribution in [0.3, 0.4) is 0 Å². The Hall–Kier alpha value is -2.63. The third-order valence-corrected chi connectivity index (χ3v) is 2.57. The minimum absolute atomic E-state index is 0.0431. The number of nitrogen functional groups attached to an aromatic ring is 1. The Kier molecular flexibility index (Phi) is 2.16. The van der Waals surface area contributed by atoms with E-state index in [9.17, 15) is 4.79 Å². The van der Waals surface area contributed by atoms with Gasteiger partial charge in [-0.05, 0) is 18.6 Å². The molecule has 3 aromatic rings. The first-order valence-electron chi connectivity index (χ1n) is 5.27. The molecule has 0 aliphatic heterocycles. The number of hydrogen-bond acceptors (Lipinski definition) is 6. The van der Waals surface area contributed by atoms with Crippen molar-refractivity contribution in [1.29, 1.82) is 0 Å². The Morgan fingerprint density at radius 2 is 2.00 bits per heavy atom. The summed E-state index contributed by atoms with van der Waals surface area (Å²) in [6.45, 7) is 1.91. The van der Waals surface area contributed by atoms with Crippen LogP contribution in [0.1, 0.15) is 5.56 Å². The van der Waals surface area contributed by atoms with Crippen LogP contribution in [-0.2, 0) is 0 Å². The van der Waals surface area contributed by atoms with Gasteiger partial charge in [0.2, 0.25) is 0 Å². The molecule has 1 aromatic carbocycles. The number of rotatable bonds is 1. The van der Waals surface area contributed by atoms with Gasteiger partial charge in [0.05, 0.1) is 5.56 Å². The predicted molar refractivity (Wildman–Crippen MR) is 64.9 cm³/mol. The van der Waals surface area contributed by atoms with Crippen molar-refractivity contribution in [3.8, 4) is 11.5 Å². The molecule has 0 atom stereocenters. The number of nitrogens with two attached hydrogens (primary N) is 1. The van der Waals surface area contributed by atoms with Gasteiger partial charge in [-0.1, -0.05) is 17.2 Å². The second kappa shape index (κ2) is 3.69. The highest BCUT2D eigenvalue weighted by Crippen LogP contribution is 2.27. The van der Waals surface area contributed by atoms with E-state index in [2.05, 4.69) is 10.2 Å². The Morgan fingerprint density at radius 1 is 1.17 bits per heavy atom. The number of nitrogens with zero attached hydrogens (tertiary/aromatic N) is 2. The Labute approximate surface area is 101 Å². The third-order valence-electron chi connectivity index (χ3n) is 2.57. The fourth-order valence-corrected chi connectivity index (χ4v) is 1.79. The first kappa shape index (κ1) is 10.5. The molecular weight excluding hydrogens is 234 g/mol. The maximum absolute atomic E-state index is 11.5. The number of anilines is 1. The lowest BCUT2D eigenvalue weighted by molar-refractivity contribution is 0.557. The summed E-state index contributed by atoms with van der Waals surface area (Å²) < 4.78 is 10.3. The molecule has 0 aliphatic carbocycles. The quantitative estimate of drug-likeness (QED) is 0.654. The van der Waals surface area contributed by atoms with E-state index >= 15 is 0 Å². The second-order valence-electron chi connectivity index (χ2n) is 3.92. The molecule has 0 spiro atoms. The van der Waals surface area contributed by atoms with Crippen molar-refractivity contribution >= 4 is 17.0 Å². The highest BCUT2D eigenvalue weighted by molar-refractivity contribution is 5.91. The van der Waals surface area contributed by atoms with Crippen molar-refractivity contribution < 1.29 is 8.83 Å². The lowest BCUT2D eigenvalue weighted by Crippen LogP contribution is -1.98. The standard InChI is InChI=1S/C12H9N3O3/c1-6-2-3-7-8(11-14-15-12(13)18-11)5-10(16)17-9(7)4-6/h2-5H,1H3,(H2,13,15). The van der Waals surface area contributed by atoms with Gasteiger partial charge in [-0.3, -0.25) is 0 Å². The molecule has 0 saturated carbocycles. The van der Waals surface area contributed by atoms with E-state index in [1.54, 1.807) is 6.07 Å². The number of aryl methyl sites for hydroxylation is 1. The molecule has 6 nitrogen and oxygen atoms in total. The molecule has 0 bridgehead atoms. The smallest absolute Gasteiger partial charge is 0.337 e. The first-order chi connectivity index (χ1) is 8.63. The van der Waals surface area contributed by atoms with E-state index < -0.39 is 5.63 Å². The van der Waals surface area contributed by atoms with Crippen LogP contribution in [0.15, 0.2) is 37.9 Å². The molecule has 2 aromatic heterocycles. The Balaban J connectivity index is 2.38. The van der Waals surface area contributed by atoms with Gasteiger partial charge in [-0.2, -0.15) is 0 Å². The van der Waals surface area contributed by atoms with E-state index in [0.29, 0.717) is 11.1 Å². The molecule has 0 unspecified atom stereocenters. The van der Waals surface area contributed by atoms with Crippen molar-refractivity contribution in [2.24, 2.45) is 0 Å². The largest absolute Gasteiger partial charge is 0.423 e. The first-order valence-corrected chi connectivity index (χ1v) is 5.27. The minimum Gasteiger partial charge on any atom is -0.423 e. The molecule has 90 valence electrons. The fraction of sp³-hybridized carbons (Fsp3) is 0.0833. The Morgan fingerprint density at radius 3 is 2.72 bits per heavy atom. The van der Waals surface area contributed by atoms with Gasteiger partial charge >= 0.3 is 11.6 Å². The average molecular weight is 243 g/mol. The van der Waals surface area contributed by atoms with Gasteiger partial charge < -0.3 is 14.6 Å². The summed E-state index contributed by atoms with van der Waals surface area (Å²) in [4.78, 5) is 11.5. The number of benzene rings is 1. The second-order valence-corrected chi connectivity index (χ2v) is 3.92. The van der Waals surface area contributed by atoms with Crippen molar-refractivity contribution in [3.63, 3.8) is 0 Å². The molecule has 6 heteroatoms. The highest BCUT2D eigenvalue weighted by Gasteiger charge is 2.13. The van der Waals surface area contributed by atoms with Crippen molar-refractivity contribution in [3.05, 3.63) is 40.2 Å². The van der Waals surface area contributed by atoms with Crippen LogP contribution in [0, 0.1) is 6.92 Å². The summed E-state index contributed by atoms with van der Waals surface area (Å²) in [5.41, 5.74) is 6.90. The monoisotopic (exact) mass is 243 g/mol. The van der Waals surface area contributed by atoms with Gasteiger partial charge in [-0.15, -0.1) is 5.10 Å². The SMILES string of the molecule is Cc1ccc2c(-c3nnc(N)o3)cc(=O)oc2c1. The molecule has 18 heavy (non-hydrogen) atoms. The topological polar surface area (TPSA) is 95.1 Å². The summed E-state index contributed by atoms with van der Waals surface area (Å²) >= 11 is 0. The highest BCUT2D eigenvalue weighted by atomic mass is 16.4.